The Bertz CT molecular complexity index is 460. The Morgan fingerprint density at radius 2 is 1.00 bits per heavy atom. The van der Waals surface area contributed by atoms with Gasteiger partial charge in [-0.05, 0) is 24.3 Å². The molecule has 0 aromatic heterocycles. The van der Waals surface area contributed by atoms with Crippen LogP contribution in [0.5, 0.6) is 0 Å². The van der Waals surface area contributed by atoms with Gasteiger partial charge in [-0.3, -0.25) is 9.11 Å². The molecule has 0 fully saturated rings. The fourth-order valence-corrected chi connectivity index (χ4v) is 0.755. The smallest absolute Gasteiger partial charge is 0.394 e. The molecular formula is C8H8O8S. The van der Waals surface area contributed by atoms with Crippen LogP contribution in [0, 0.1) is 0 Å². The second-order valence-corrected chi connectivity index (χ2v) is 3.53. The third-order valence-electron chi connectivity index (χ3n) is 1.38. The van der Waals surface area contributed by atoms with E-state index < -0.39 is 22.3 Å². The molecule has 0 heterocycles. The van der Waals surface area contributed by atoms with Crippen molar-refractivity contribution < 1.29 is 37.3 Å². The minimum absolute atomic E-state index is 0.0833. The number of carboxylic acid groups (broad SMARTS) is 2. The number of carbonyl (C=O) groups is 2. The van der Waals surface area contributed by atoms with Crippen LogP contribution >= 0.6 is 0 Å². The molecule has 0 unspecified atom stereocenters. The molecule has 0 aliphatic heterocycles. The molecule has 0 amide bonds. The standard InChI is InChI=1S/C8H6O4.H2O4S/c9-7(10)5-1-2-6(4-3-5)8(11)12;1-5(2,3)4/h1-4H,(H,9,10)(H,11,12);(H2,1,2,3,4). The topological polar surface area (TPSA) is 149 Å². The van der Waals surface area contributed by atoms with Gasteiger partial charge in [-0.25, -0.2) is 9.59 Å². The van der Waals surface area contributed by atoms with Crippen LogP contribution < -0.4 is 0 Å². The second-order valence-electron chi connectivity index (χ2n) is 2.64. The van der Waals surface area contributed by atoms with Crippen LogP contribution in [0.15, 0.2) is 24.3 Å². The summed E-state index contributed by atoms with van der Waals surface area (Å²) in [5, 5.41) is 16.9. The van der Waals surface area contributed by atoms with Crippen molar-refractivity contribution in [3.8, 4) is 0 Å². The number of hydrogen-bond acceptors (Lipinski definition) is 4. The largest absolute Gasteiger partial charge is 0.478 e. The molecule has 1 rings (SSSR count). The van der Waals surface area contributed by atoms with E-state index in [9.17, 15) is 9.59 Å². The summed E-state index contributed by atoms with van der Waals surface area (Å²) in [5.41, 5.74) is 0.167. The summed E-state index contributed by atoms with van der Waals surface area (Å²) >= 11 is 0. The number of carboxylic acids is 2. The predicted molar refractivity (Wildman–Crippen MR) is 54.5 cm³/mol. The van der Waals surface area contributed by atoms with Crippen LogP contribution in [0.3, 0.4) is 0 Å². The zero-order chi connectivity index (χ0) is 13.6. The van der Waals surface area contributed by atoms with Gasteiger partial charge >= 0.3 is 22.3 Å². The van der Waals surface area contributed by atoms with Gasteiger partial charge in [-0.15, -0.1) is 0 Å². The highest BCUT2D eigenvalue weighted by molar-refractivity contribution is 7.79. The average molecular weight is 264 g/mol. The Kier molecular flexibility index (Phi) is 5.25. The van der Waals surface area contributed by atoms with Crippen molar-refractivity contribution in [2.45, 2.75) is 0 Å². The number of rotatable bonds is 2. The van der Waals surface area contributed by atoms with Gasteiger partial charge in [0.1, 0.15) is 0 Å². The van der Waals surface area contributed by atoms with Crippen LogP contribution in [0.2, 0.25) is 0 Å². The molecule has 0 aliphatic rings. The summed E-state index contributed by atoms with van der Waals surface area (Å²) in [5.74, 6) is -2.13. The van der Waals surface area contributed by atoms with E-state index in [1.54, 1.807) is 0 Å². The van der Waals surface area contributed by atoms with Gasteiger partial charge < -0.3 is 10.2 Å². The van der Waals surface area contributed by atoms with Gasteiger partial charge in [0.05, 0.1) is 11.1 Å². The number of benzene rings is 1. The fourth-order valence-electron chi connectivity index (χ4n) is 0.755. The van der Waals surface area contributed by atoms with E-state index in [1.165, 1.54) is 24.3 Å². The summed E-state index contributed by atoms with van der Waals surface area (Å²) in [6.45, 7) is 0. The first kappa shape index (κ1) is 15.0. The molecule has 0 bridgehead atoms. The van der Waals surface area contributed by atoms with E-state index in [-0.39, 0.29) is 11.1 Å². The normalized spacial score (nSPS) is 10.0. The predicted octanol–water partition coefficient (Wildman–Crippen LogP) is 0.430. The molecule has 4 N–H and O–H groups in total. The van der Waals surface area contributed by atoms with Crippen LogP contribution in [0.1, 0.15) is 20.7 Å². The quantitative estimate of drug-likeness (QED) is 0.561. The summed E-state index contributed by atoms with van der Waals surface area (Å²) in [6, 6.07) is 5.02. The highest BCUT2D eigenvalue weighted by Crippen LogP contribution is 2.03. The maximum absolute atomic E-state index is 10.3. The van der Waals surface area contributed by atoms with E-state index in [4.69, 9.17) is 27.7 Å². The fraction of sp³-hybridized carbons (Fsp3) is 0. The van der Waals surface area contributed by atoms with E-state index in [0.717, 1.165) is 0 Å². The van der Waals surface area contributed by atoms with E-state index in [2.05, 4.69) is 0 Å². The summed E-state index contributed by atoms with van der Waals surface area (Å²) < 4.78 is 31.6. The maximum Gasteiger partial charge on any atom is 0.394 e. The lowest BCUT2D eigenvalue weighted by Gasteiger charge is -1.94. The molecule has 0 aliphatic carbocycles. The maximum atomic E-state index is 10.3. The van der Waals surface area contributed by atoms with Gasteiger partial charge in [0.15, 0.2) is 0 Å². The Morgan fingerprint density at radius 1 is 0.824 bits per heavy atom. The van der Waals surface area contributed by atoms with Crippen LogP contribution in [-0.2, 0) is 10.4 Å². The molecule has 94 valence electrons. The van der Waals surface area contributed by atoms with Gasteiger partial charge in [-0.2, -0.15) is 8.42 Å². The van der Waals surface area contributed by atoms with Crippen molar-refractivity contribution in [1.82, 2.24) is 0 Å². The lowest BCUT2D eigenvalue weighted by Crippen LogP contribution is -1.99. The van der Waals surface area contributed by atoms with E-state index in [1.807, 2.05) is 0 Å². The van der Waals surface area contributed by atoms with Crippen molar-refractivity contribution in [2.75, 3.05) is 0 Å². The molecule has 0 saturated heterocycles. The summed E-state index contributed by atoms with van der Waals surface area (Å²) in [6.07, 6.45) is 0. The minimum Gasteiger partial charge on any atom is -0.478 e. The molecule has 0 atom stereocenters. The van der Waals surface area contributed by atoms with E-state index >= 15 is 0 Å². The molecule has 8 nitrogen and oxygen atoms in total. The minimum atomic E-state index is -4.67. The first-order chi connectivity index (χ1) is 7.61. The number of hydrogen-bond donors (Lipinski definition) is 4. The molecular weight excluding hydrogens is 256 g/mol. The number of aromatic carboxylic acids is 2. The Morgan fingerprint density at radius 3 is 1.12 bits per heavy atom. The van der Waals surface area contributed by atoms with Crippen molar-refractivity contribution in [1.29, 1.82) is 0 Å². The molecule has 0 spiro atoms. The zero-order valence-electron chi connectivity index (χ0n) is 8.14. The molecule has 9 heteroatoms. The molecule has 17 heavy (non-hydrogen) atoms. The lowest BCUT2D eigenvalue weighted by molar-refractivity contribution is 0.0681. The van der Waals surface area contributed by atoms with E-state index in [0.29, 0.717) is 0 Å². The molecule has 1 aromatic rings. The Hall–Kier alpha value is -1.97. The highest BCUT2D eigenvalue weighted by Gasteiger charge is 2.04. The molecule has 0 saturated carbocycles. The molecule has 1 aromatic carbocycles. The highest BCUT2D eigenvalue weighted by atomic mass is 32.3. The van der Waals surface area contributed by atoms with Crippen LogP contribution in [0.4, 0.5) is 0 Å². The average Bonchev–Trinajstić information content (AvgIpc) is 2.15. The van der Waals surface area contributed by atoms with Crippen molar-refractivity contribution in [3.05, 3.63) is 35.4 Å². The first-order valence-electron chi connectivity index (χ1n) is 3.88. The lowest BCUT2D eigenvalue weighted by atomic mass is 10.1. The Balaban J connectivity index is 0.000000437. The first-order valence-corrected chi connectivity index (χ1v) is 5.27. The van der Waals surface area contributed by atoms with Gasteiger partial charge in [-0.1, -0.05) is 0 Å². The van der Waals surface area contributed by atoms with Crippen molar-refractivity contribution in [2.24, 2.45) is 0 Å². The van der Waals surface area contributed by atoms with Crippen molar-refractivity contribution in [3.63, 3.8) is 0 Å². The van der Waals surface area contributed by atoms with Crippen molar-refractivity contribution >= 4 is 22.3 Å². The third kappa shape index (κ3) is 7.90. The van der Waals surface area contributed by atoms with Crippen LogP contribution in [-0.4, -0.2) is 39.7 Å². The van der Waals surface area contributed by atoms with Crippen LogP contribution in [0.25, 0.3) is 0 Å². The van der Waals surface area contributed by atoms with Gasteiger partial charge in [0.2, 0.25) is 0 Å². The third-order valence-corrected chi connectivity index (χ3v) is 1.38. The SMILES string of the molecule is O=C(O)c1ccc(C(=O)O)cc1.O=S(=O)(O)O. The second kappa shape index (κ2) is 5.94. The monoisotopic (exact) mass is 264 g/mol. The zero-order valence-corrected chi connectivity index (χ0v) is 8.96. The van der Waals surface area contributed by atoms with Gasteiger partial charge in [0.25, 0.3) is 0 Å². The molecule has 0 radical (unpaired) electrons. The Labute approximate surface area is 95.7 Å². The summed E-state index contributed by atoms with van der Waals surface area (Å²) in [7, 11) is -4.67. The summed E-state index contributed by atoms with van der Waals surface area (Å²) in [4.78, 5) is 20.7. The van der Waals surface area contributed by atoms with Gasteiger partial charge in [0, 0.05) is 0 Å².